The molecule has 0 saturated heterocycles. The average Bonchev–Trinajstić information content (AvgIpc) is 3.10. The number of nitrogens with zero attached hydrogens (tertiary/aromatic N) is 2. The number of amides is 2. The topological polar surface area (TPSA) is 107 Å². The highest BCUT2D eigenvalue weighted by molar-refractivity contribution is 6.38. The number of rotatable bonds is 7. The van der Waals surface area contributed by atoms with Crippen molar-refractivity contribution in [2.45, 2.75) is 19.4 Å². The van der Waals surface area contributed by atoms with E-state index in [-0.39, 0.29) is 6.42 Å². The molecule has 7 heteroatoms. The number of nitrogens with two attached hydrogens (primary N) is 1. The summed E-state index contributed by atoms with van der Waals surface area (Å²) in [4.78, 5) is 36.8. The van der Waals surface area contributed by atoms with Crippen molar-refractivity contribution in [3.05, 3.63) is 77.5 Å². The minimum Gasteiger partial charge on any atom is -0.363 e. The third kappa shape index (κ3) is 4.57. The summed E-state index contributed by atoms with van der Waals surface area (Å²) < 4.78 is 1.60. The molecule has 7 nitrogen and oxygen atoms in total. The molecule has 0 fully saturated rings. The van der Waals surface area contributed by atoms with Crippen LogP contribution in [0.3, 0.4) is 0 Å². The van der Waals surface area contributed by atoms with Crippen LogP contribution in [-0.2, 0) is 23.1 Å². The number of aromatic nitrogens is 2. The van der Waals surface area contributed by atoms with Gasteiger partial charge in [0, 0.05) is 19.0 Å². The van der Waals surface area contributed by atoms with Gasteiger partial charge < -0.3 is 11.1 Å². The molecule has 3 N–H and O–H groups in total. The van der Waals surface area contributed by atoms with Crippen molar-refractivity contribution in [3.8, 4) is 11.3 Å². The summed E-state index contributed by atoms with van der Waals surface area (Å²) in [5.74, 6) is -2.43. The number of carbonyl (C=O) groups is 3. The lowest BCUT2D eigenvalue weighted by molar-refractivity contribution is -0.137. The zero-order valence-electron chi connectivity index (χ0n) is 16.3. The van der Waals surface area contributed by atoms with Crippen molar-refractivity contribution in [1.82, 2.24) is 15.1 Å². The van der Waals surface area contributed by atoms with Crippen molar-refractivity contribution in [3.63, 3.8) is 0 Å². The fraction of sp³-hybridized carbons (Fsp3) is 0.182. The zero-order valence-corrected chi connectivity index (χ0v) is 16.3. The van der Waals surface area contributed by atoms with E-state index in [2.05, 4.69) is 10.4 Å². The molecule has 3 aromatic rings. The van der Waals surface area contributed by atoms with Gasteiger partial charge in [-0.25, -0.2) is 0 Å². The number of primary amides is 1. The highest BCUT2D eigenvalue weighted by atomic mass is 16.2. The third-order valence-electron chi connectivity index (χ3n) is 4.66. The van der Waals surface area contributed by atoms with E-state index in [0.29, 0.717) is 11.3 Å². The first-order valence-electron chi connectivity index (χ1n) is 9.14. The Morgan fingerprint density at radius 1 is 1.07 bits per heavy atom. The highest BCUT2D eigenvalue weighted by Crippen LogP contribution is 2.23. The van der Waals surface area contributed by atoms with Crippen LogP contribution in [0.4, 0.5) is 0 Å². The minimum atomic E-state index is -1.09. The van der Waals surface area contributed by atoms with Crippen LogP contribution < -0.4 is 11.1 Å². The fourth-order valence-corrected chi connectivity index (χ4v) is 3.12. The molecule has 29 heavy (non-hydrogen) atoms. The van der Waals surface area contributed by atoms with E-state index in [4.69, 9.17) is 5.73 Å². The summed E-state index contributed by atoms with van der Waals surface area (Å²) >= 11 is 0. The average molecular weight is 390 g/mol. The largest absolute Gasteiger partial charge is 0.363 e. The second-order valence-electron chi connectivity index (χ2n) is 6.84. The molecule has 0 bridgehead atoms. The summed E-state index contributed by atoms with van der Waals surface area (Å²) in [6.07, 6.45) is 1.60. The SMILES string of the molecule is Cc1ccc(-c2c(C(=O)N[C@@H](Cc3ccccc3)C(=O)C(N)=O)cnn2C)cc1. The Kier molecular flexibility index (Phi) is 5.87. The van der Waals surface area contributed by atoms with Crippen LogP contribution >= 0.6 is 0 Å². The number of nitrogens with one attached hydrogen (secondary N) is 1. The number of Topliss-reactive ketones (excluding diaryl/α,β-unsaturated/α-hetero) is 1. The lowest BCUT2D eigenvalue weighted by Crippen LogP contribution is -2.47. The molecular formula is C22H22N4O3. The Labute approximate surface area is 168 Å². The van der Waals surface area contributed by atoms with E-state index in [1.807, 2.05) is 61.5 Å². The van der Waals surface area contributed by atoms with Gasteiger partial charge >= 0.3 is 0 Å². The van der Waals surface area contributed by atoms with Crippen molar-refractivity contribution in [2.75, 3.05) is 0 Å². The maximum atomic E-state index is 13.0. The molecule has 0 aliphatic carbocycles. The zero-order chi connectivity index (χ0) is 21.0. The number of hydrogen-bond acceptors (Lipinski definition) is 4. The smallest absolute Gasteiger partial charge is 0.287 e. The number of ketones is 1. The van der Waals surface area contributed by atoms with Crippen molar-refractivity contribution in [1.29, 1.82) is 0 Å². The van der Waals surface area contributed by atoms with Crippen LogP contribution in [0.2, 0.25) is 0 Å². The second-order valence-corrected chi connectivity index (χ2v) is 6.84. The summed E-state index contributed by atoms with van der Waals surface area (Å²) in [6.45, 7) is 1.98. The Morgan fingerprint density at radius 2 is 1.72 bits per heavy atom. The van der Waals surface area contributed by atoms with Crippen LogP contribution in [-0.4, -0.2) is 33.4 Å². The number of aryl methyl sites for hydroxylation is 2. The first-order valence-corrected chi connectivity index (χ1v) is 9.14. The van der Waals surface area contributed by atoms with Gasteiger partial charge in [-0.05, 0) is 12.5 Å². The van der Waals surface area contributed by atoms with E-state index < -0.39 is 23.6 Å². The van der Waals surface area contributed by atoms with E-state index in [1.54, 1.807) is 11.7 Å². The molecule has 0 unspecified atom stereocenters. The molecule has 2 aromatic carbocycles. The Balaban J connectivity index is 1.89. The van der Waals surface area contributed by atoms with E-state index >= 15 is 0 Å². The van der Waals surface area contributed by atoms with Gasteiger partial charge in [-0.1, -0.05) is 60.2 Å². The lowest BCUT2D eigenvalue weighted by Gasteiger charge is -2.17. The van der Waals surface area contributed by atoms with E-state index in [9.17, 15) is 14.4 Å². The summed E-state index contributed by atoms with van der Waals surface area (Å²) in [6, 6.07) is 15.7. The van der Waals surface area contributed by atoms with Crippen molar-refractivity contribution >= 4 is 17.6 Å². The normalized spacial score (nSPS) is 11.7. The minimum absolute atomic E-state index is 0.161. The molecule has 0 aliphatic rings. The van der Waals surface area contributed by atoms with Gasteiger partial charge in [0.15, 0.2) is 0 Å². The van der Waals surface area contributed by atoms with Gasteiger partial charge in [0.25, 0.3) is 11.8 Å². The van der Waals surface area contributed by atoms with Crippen LogP contribution in [0.25, 0.3) is 11.3 Å². The molecule has 1 heterocycles. The van der Waals surface area contributed by atoms with E-state index in [0.717, 1.165) is 16.7 Å². The van der Waals surface area contributed by atoms with Gasteiger partial charge in [0.2, 0.25) is 5.78 Å². The summed E-state index contributed by atoms with van der Waals surface area (Å²) in [5.41, 5.74) is 8.84. The molecule has 0 aliphatic heterocycles. The van der Waals surface area contributed by atoms with Crippen molar-refractivity contribution in [2.24, 2.45) is 12.8 Å². The highest BCUT2D eigenvalue weighted by Gasteiger charge is 2.27. The number of carbonyl (C=O) groups excluding carboxylic acids is 3. The third-order valence-corrected chi connectivity index (χ3v) is 4.66. The molecule has 2 amide bonds. The number of hydrogen-bond donors (Lipinski definition) is 2. The predicted octanol–water partition coefficient (Wildman–Crippen LogP) is 1.79. The fourth-order valence-electron chi connectivity index (χ4n) is 3.12. The Morgan fingerprint density at radius 3 is 2.34 bits per heavy atom. The molecular weight excluding hydrogens is 368 g/mol. The molecule has 148 valence electrons. The maximum Gasteiger partial charge on any atom is 0.287 e. The first-order chi connectivity index (χ1) is 13.9. The molecule has 0 spiro atoms. The van der Waals surface area contributed by atoms with Gasteiger partial charge in [0.05, 0.1) is 17.5 Å². The van der Waals surface area contributed by atoms with Crippen LogP contribution in [0, 0.1) is 6.92 Å². The number of benzene rings is 2. The van der Waals surface area contributed by atoms with E-state index in [1.165, 1.54) is 6.20 Å². The van der Waals surface area contributed by atoms with Gasteiger partial charge in [-0.15, -0.1) is 0 Å². The Hall–Kier alpha value is -3.74. The lowest BCUT2D eigenvalue weighted by atomic mass is 10.0. The first kappa shape index (κ1) is 20.0. The van der Waals surface area contributed by atoms with Gasteiger partial charge in [-0.3, -0.25) is 19.1 Å². The quantitative estimate of drug-likeness (QED) is 0.600. The monoisotopic (exact) mass is 390 g/mol. The molecule has 1 atom stereocenters. The molecule has 0 saturated carbocycles. The van der Waals surface area contributed by atoms with Gasteiger partial charge in [0.1, 0.15) is 6.04 Å². The van der Waals surface area contributed by atoms with Crippen LogP contribution in [0.5, 0.6) is 0 Å². The van der Waals surface area contributed by atoms with Crippen LogP contribution in [0.1, 0.15) is 21.5 Å². The summed E-state index contributed by atoms with van der Waals surface area (Å²) in [5, 5.41) is 6.84. The summed E-state index contributed by atoms with van der Waals surface area (Å²) in [7, 11) is 1.74. The molecule has 3 rings (SSSR count). The molecule has 1 aromatic heterocycles. The maximum absolute atomic E-state index is 13.0. The molecule has 0 radical (unpaired) electrons. The van der Waals surface area contributed by atoms with Crippen molar-refractivity contribution < 1.29 is 14.4 Å². The Bertz CT molecular complexity index is 1040. The van der Waals surface area contributed by atoms with Gasteiger partial charge in [-0.2, -0.15) is 5.10 Å². The predicted molar refractivity (Wildman–Crippen MR) is 109 cm³/mol. The standard InChI is InChI=1S/C22H22N4O3/c1-14-8-10-16(11-9-14)19-17(13-24-26(19)2)22(29)25-18(20(27)21(23)28)12-15-6-4-3-5-7-15/h3-11,13,18H,12H2,1-2H3,(H2,23,28)(H,25,29)/t18-/m0/s1. The van der Waals surface area contributed by atoms with Crippen LogP contribution in [0.15, 0.2) is 60.8 Å². The second kappa shape index (κ2) is 8.52.